The molecule has 0 unspecified atom stereocenters. The van der Waals surface area contributed by atoms with Crippen LogP contribution < -0.4 is 4.74 Å². The minimum atomic E-state index is -0.121. The Balaban J connectivity index is 0.00000105. The zero-order chi connectivity index (χ0) is 22.8. The summed E-state index contributed by atoms with van der Waals surface area (Å²) in [6, 6.07) is 24.7. The molecule has 0 fully saturated rings. The van der Waals surface area contributed by atoms with Crippen molar-refractivity contribution in [2.75, 3.05) is 0 Å². The standard InChI is InChI=1S/C29H26O.C2H4/c1-28(2,3)20-12-14-22-24(16-20)30-27-21-13-11-18-8-6-7-17-9-10-19(26(21)25(17)18)15-23(27)29(22,4)5;1-2/h6-16H,1-5H3;1-2H2. The third-order valence-electron chi connectivity index (χ3n) is 7.00. The first kappa shape index (κ1) is 20.6. The summed E-state index contributed by atoms with van der Waals surface area (Å²) in [5, 5.41) is 7.74. The summed E-state index contributed by atoms with van der Waals surface area (Å²) in [4.78, 5) is 0. The number of hydrogen-bond acceptors (Lipinski definition) is 1. The summed E-state index contributed by atoms with van der Waals surface area (Å²) in [6.07, 6.45) is 0. The van der Waals surface area contributed by atoms with Gasteiger partial charge in [-0.25, -0.2) is 0 Å². The van der Waals surface area contributed by atoms with E-state index >= 15 is 0 Å². The normalized spacial score (nSPS) is 14.5. The maximum Gasteiger partial charge on any atom is 0.139 e. The van der Waals surface area contributed by atoms with Crippen LogP contribution in [-0.2, 0) is 10.8 Å². The van der Waals surface area contributed by atoms with E-state index in [1.165, 1.54) is 49.0 Å². The van der Waals surface area contributed by atoms with Crippen LogP contribution in [-0.4, -0.2) is 0 Å². The molecule has 0 saturated carbocycles. The first-order valence-electron chi connectivity index (χ1n) is 11.3. The average molecular weight is 419 g/mol. The molecule has 0 amide bonds. The third-order valence-corrected chi connectivity index (χ3v) is 7.00. The molecule has 1 aliphatic rings. The Labute approximate surface area is 190 Å². The summed E-state index contributed by atoms with van der Waals surface area (Å²) in [6.45, 7) is 17.4. The molecule has 160 valence electrons. The van der Waals surface area contributed by atoms with E-state index in [2.05, 4.69) is 115 Å². The minimum Gasteiger partial charge on any atom is -0.456 e. The fourth-order valence-corrected chi connectivity index (χ4v) is 5.20. The van der Waals surface area contributed by atoms with Crippen molar-refractivity contribution >= 4 is 32.3 Å². The van der Waals surface area contributed by atoms with E-state index < -0.39 is 0 Å². The molecule has 0 N–H and O–H groups in total. The van der Waals surface area contributed by atoms with E-state index in [1.54, 1.807) is 0 Å². The summed E-state index contributed by atoms with van der Waals surface area (Å²) in [7, 11) is 0. The van der Waals surface area contributed by atoms with Gasteiger partial charge in [0.25, 0.3) is 0 Å². The molecule has 0 atom stereocenters. The highest BCUT2D eigenvalue weighted by Gasteiger charge is 2.36. The molecule has 1 heteroatoms. The maximum atomic E-state index is 6.71. The second-order valence-corrected chi connectivity index (χ2v) is 10.3. The van der Waals surface area contributed by atoms with Crippen LogP contribution in [0, 0.1) is 0 Å². The highest BCUT2D eigenvalue weighted by atomic mass is 16.5. The molecular formula is C31H30O. The van der Waals surface area contributed by atoms with Crippen LogP contribution in [0.1, 0.15) is 51.3 Å². The zero-order valence-corrected chi connectivity index (χ0v) is 19.7. The maximum absolute atomic E-state index is 6.71. The van der Waals surface area contributed by atoms with E-state index in [1.807, 2.05) is 0 Å². The van der Waals surface area contributed by atoms with Crippen molar-refractivity contribution < 1.29 is 4.74 Å². The Morgan fingerprint density at radius 1 is 0.719 bits per heavy atom. The van der Waals surface area contributed by atoms with Gasteiger partial charge in [-0.3, -0.25) is 0 Å². The van der Waals surface area contributed by atoms with Crippen molar-refractivity contribution in [1.82, 2.24) is 0 Å². The Hall–Kier alpha value is -3.32. The Morgan fingerprint density at radius 2 is 1.38 bits per heavy atom. The van der Waals surface area contributed by atoms with Gasteiger partial charge >= 0.3 is 0 Å². The lowest BCUT2D eigenvalue weighted by molar-refractivity contribution is 0.420. The molecule has 1 nitrogen and oxygen atoms in total. The molecule has 0 bridgehead atoms. The summed E-state index contributed by atoms with van der Waals surface area (Å²) >= 11 is 0. The number of benzene rings is 5. The highest BCUT2D eigenvalue weighted by molar-refractivity contribution is 6.24. The molecule has 1 aliphatic heterocycles. The molecule has 0 aliphatic carbocycles. The molecule has 5 aromatic carbocycles. The molecule has 6 rings (SSSR count). The van der Waals surface area contributed by atoms with Crippen molar-refractivity contribution in [3.05, 3.63) is 96.6 Å². The van der Waals surface area contributed by atoms with Gasteiger partial charge < -0.3 is 4.74 Å². The van der Waals surface area contributed by atoms with Gasteiger partial charge in [0.15, 0.2) is 0 Å². The molecule has 0 radical (unpaired) electrons. The zero-order valence-electron chi connectivity index (χ0n) is 19.7. The van der Waals surface area contributed by atoms with Gasteiger partial charge in [0.05, 0.1) is 0 Å². The van der Waals surface area contributed by atoms with Gasteiger partial charge in [-0.05, 0) is 50.7 Å². The fraction of sp³-hybridized carbons (Fsp3) is 0.226. The van der Waals surface area contributed by atoms with Crippen molar-refractivity contribution in [3.8, 4) is 11.5 Å². The van der Waals surface area contributed by atoms with Gasteiger partial charge in [-0.1, -0.05) is 83.1 Å². The first-order valence-corrected chi connectivity index (χ1v) is 11.3. The predicted octanol–water partition coefficient (Wildman–Crippen LogP) is 9.12. The Kier molecular flexibility index (Phi) is 4.40. The van der Waals surface area contributed by atoms with Gasteiger partial charge in [0.1, 0.15) is 11.5 Å². The molecule has 32 heavy (non-hydrogen) atoms. The lowest BCUT2D eigenvalue weighted by Crippen LogP contribution is -2.25. The van der Waals surface area contributed by atoms with Crippen molar-refractivity contribution in [3.63, 3.8) is 0 Å². The van der Waals surface area contributed by atoms with Crippen LogP contribution >= 0.6 is 0 Å². The summed E-state index contributed by atoms with van der Waals surface area (Å²) in [5.74, 6) is 2.01. The topological polar surface area (TPSA) is 9.23 Å². The first-order chi connectivity index (χ1) is 15.2. The smallest absolute Gasteiger partial charge is 0.139 e. The van der Waals surface area contributed by atoms with Crippen molar-refractivity contribution in [2.45, 2.75) is 45.4 Å². The van der Waals surface area contributed by atoms with Crippen LogP contribution in [0.3, 0.4) is 0 Å². The SMILES string of the molecule is C=C.CC(C)(C)c1ccc2c(c1)Oc1c(cc3ccc4cccc5ccc1c3c45)C2(C)C. The number of hydrogen-bond donors (Lipinski definition) is 0. The monoisotopic (exact) mass is 418 g/mol. The number of rotatable bonds is 0. The lowest BCUT2D eigenvalue weighted by atomic mass is 9.73. The summed E-state index contributed by atoms with van der Waals surface area (Å²) < 4.78 is 6.71. The largest absolute Gasteiger partial charge is 0.456 e. The molecule has 0 aromatic heterocycles. The molecule has 5 aromatic rings. The van der Waals surface area contributed by atoms with Gasteiger partial charge in [-0.15, -0.1) is 13.2 Å². The van der Waals surface area contributed by atoms with E-state index in [0.29, 0.717) is 0 Å². The van der Waals surface area contributed by atoms with Crippen LogP contribution in [0.25, 0.3) is 32.3 Å². The van der Waals surface area contributed by atoms with E-state index in [0.717, 1.165) is 11.5 Å². The van der Waals surface area contributed by atoms with Crippen LogP contribution in [0.5, 0.6) is 11.5 Å². The molecule has 1 heterocycles. The number of fused-ring (bicyclic) bond motifs is 3. The fourth-order valence-electron chi connectivity index (χ4n) is 5.20. The highest BCUT2D eigenvalue weighted by Crippen LogP contribution is 2.53. The Morgan fingerprint density at radius 3 is 2.06 bits per heavy atom. The van der Waals surface area contributed by atoms with Crippen LogP contribution in [0.2, 0.25) is 0 Å². The quantitative estimate of drug-likeness (QED) is 0.180. The van der Waals surface area contributed by atoms with E-state index in [9.17, 15) is 0 Å². The molecule has 0 saturated heterocycles. The van der Waals surface area contributed by atoms with Crippen LogP contribution in [0.15, 0.2) is 79.9 Å². The lowest BCUT2D eigenvalue weighted by Gasteiger charge is -2.36. The molecule has 0 spiro atoms. The van der Waals surface area contributed by atoms with Gasteiger partial charge in [-0.2, -0.15) is 0 Å². The van der Waals surface area contributed by atoms with E-state index in [-0.39, 0.29) is 10.8 Å². The Bertz CT molecular complexity index is 1460. The van der Waals surface area contributed by atoms with Crippen molar-refractivity contribution in [2.24, 2.45) is 0 Å². The number of ether oxygens (including phenoxy) is 1. The molecular weight excluding hydrogens is 388 g/mol. The van der Waals surface area contributed by atoms with Gasteiger partial charge in [0, 0.05) is 27.3 Å². The summed E-state index contributed by atoms with van der Waals surface area (Å²) in [5.41, 5.74) is 3.80. The van der Waals surface area contributed by atoms with Crippen LogP contribution in [0.4, 0.5) is 0 Å². The third kappa shape index (κ3) is 2.77. The second-order valence-electron chi connectivity index (χ2n) is 10.3. The average Bonchev–Trinajstić information content (AvgIpc) is 2.78. The van der Waals surface area contributed by atoms with E-state index in [4.69, 9.17) is 4.74 Å². The van der Waals surface area contributed by atoms with Crippen molar-refractivity contribution in [1.29, 1.82) is 0 Å². The second kappa shape index (κ2) is 6.84. The van der Waals surface area contributed by atoms with Gasteiger partial charge in [0.2, 0.25) is 0 Å². The predicted molar refractivity (Wildman–Crippen MR) is 139 cm³/mol. The minimum absolute atomic E-state index is 0.0888.